The number of esters is 1. The molecule has 3 rings (SSSR count). The number of aryl methyl sites for hydroxylation is 2. The van der Waals surface area contributed by atoms with Gasteiger partial charge in [0.1, 0.15) is 12.4 Å². The zero-order valence-corrected chi connectivity index (χ0v) is 18.3. The Bertz CT molecular complexity index is 1070. The maximum atomic E-state index is 12.3. The number of hydrogen-bond donors (Lipinski definition) is 1. The molecule has 0 unspecified atom stereocenters. The van der Waals surface area contributed by atoms with Crippen LogP contribution in [0.4, 0.5) is 5.69 Å². The normalized spacial score (nSPS) is 10.5. The van der Waals surface area contributed by atoms with Crippen molar-refractivity contribution in [1.82, 2.24) is 0 Å². The first kappa shape index (κ1) is 22.1. The third-order valence-electron chi connectivity index (χ3n) is 4.87. The van der Waals surface area contributed by atoms with Crippen molar-refractivity contribution in [2.24, 2.45) is 0 Å². The molecule has 0 aliphatic carbocycles. The highest BCUT2D eigenvalue weighted by Crippen LogP contribution is 2.36. The van der Waals surface area contributed by atoms with E-state index in [1.807, 2.05) is 56.3 Å². The number of benzene rings is 3. The predicted molar refractivity (Wildman–Crippen MR) is 122 cm³/mol. The van der Waals surface area contributed by atoms with Crippen LogP contribution >= 0.6 is 0 Å². The largest absolute Gasteiger partial charge is 0.489 e. The molecule has 1 N–H and O–H groups in total. The lowest BCUT2D eigenvalue weighted by Gasteiger charge is -2.18. The minimum atomic E-state index is -0.392. The zero-order valence-electron chi connectivity index (χ0n) is 18.3. The Morgan fingerprint density at radius 1 is 0.935 bits per heavy atom. The predicted octanol–water partition coefficient (Wildman–Crippen LogP) is 5.68. The number of hydrogen-bond acceptors (Lipinski definition) is 4. The zero-order chi connectivity index (χ0) is 22.4. The van der Waals surface area contributed by atoms with Crippen LogP contribution in [0.3, 0.4) is 0 Å². The lowest BCUT2D eigenvalue weighted by Crippen LogP contribution is -2.10. The van der Waals surface area contributed by atoms with Crippen LogP contribution in [0.15, 0.2) is 60.7 Å². The van der Waals surface area contributed by atoms with Crippen LogP contribution in [0.1, 0.15) is 40.9 Å². The Balaban J connectivity index is 1.98. The van der Waals surface area contributed by atoms with E-state index in [2.05, 4.69) is 5.32 Å². The van der Waals surface area contributed by atoms with Gasteiger partial charge in [-0.25, -0.2) is 4.79 Å². The minimum absolute atomic E-state index is 0.178. The Morgan fingerprint density at radius 3 is 2.23 bits per heavy atom. The van der Waals surface area contributed by atoms with Gasteiger partial charge in [-0.05, 0) is 73.4 Å². The van der Waals surface area contributed by atoms with Crippen molar-refractivity contribution >= 4 is 17.6 Å². The first-order valence-corrected chi connectivity index (χ1v) is 10.3. The van der Waals surface area contributed by atoms with Crippen LogP contribution in [0.25, 0.3) is 11.1 Å². The van der Waals surface area contributed by atoms with Crippen LogP contribution < -0.4 is 10.1 Å². The molecule has 0 aromatic heterocycles. The average molecular weight is 418 g/mol. The van der Waals surface area contributed by atoms with Gasteiger partial charge < -0.3 is 14.8 Å². The van der Waals surface area contributed by atoms with Crippen LogP contribution in [0.2, 0.25) is 0 Å². The van der Waals surface area contributed by atoms with Gasteiger partial charge in [-0.1, -0.05) is 30.3 Å². The molecular weight excluding hydrogens is 390 g/mol. The first-order chi connectivity index (χ1) is 14.9. The summed E-state index contributed by atoms with van der Waals surface area (Å²) in [6, 6.07) is 19.1. The van der Waals surface area contributed by atoms with E-state index in [9.17, 15) is 9.59 Å². The fraction of sp³-hybridized carbons (Fsp3) is 0.231. The molecule has 31 heavy (non-hydrogen) atoms. The summed E-state index contributed by atoms with van der Waals surface area (Å²) in [6.45, 7) is 8.00. The molecule has 3 aromatic rings. The lowest BCUT2D eigenvalue weighted by molar-refractivity contribution is -0.114. The summed E-state index contributed by atoms with van der Waals surface area (Å²) in [4.78, 5) is 24.0. The topological polar surface area (TPSA) is 64.6 Å². The average Bonchev–Trinajstić information content (AvgIpc) is 2.73. The molecule has 0 bridgehead atoms. The first-order valence-electron chi connectivity index (χ1n) is 10.3. The second-order valence-electron chi connectivity index (χ2n) is 7.37. The number of rotatable bonds is 7. The van der Waals surface area contributed by atoms with Crippen molar-refractivity contribution in [2.75, 3.05) is 11.9 Å². The summed E-state index contributed by atoms with van der Waals surface area (Å²) >= 11 is 0. The molecule has 1 amide bonds. The summed E-state index contributed by atoms with van der Waals surface area (Å²) in [7, 11) is 0. The van der Waals surface area contributed by atoms with Gasteiger partial charge in [-0.15, -0.1) is 0 Å². The molecule has 160 valence electrons. The van der Waals surface area contributed by atoms with E-state index >= 15 is 0 Å². The van der Waals surface area contributed by atoms with Gasteiger partial charge in [0, 0.05) is 18.2 Å². The number of nitrogens with one attached hydrogen (secondary N) is 1. The van der Waals surface area contributed by atoms with E-state index in [4.69, 9.17) is 9.47 Å². The van der Waals surface area contributed by atoms with Crippen LogP contribution in [0.5, 0.6) is 5.75 Å². The second kappa shape index (κ2) is 9.94. The van der Waals surface area contributed by atoms with Crippen molar-refractivity contribution in [1.29, 1.82) is 0 Å². The van der Waals surface area contributed by atoms with Gasteiger partial charge in [-0.2, -0.15) is 0 Å². The number of amides is 1. The van der Waals surface area contributed by atoms with E-state index < -0.39 is 5.97 Å². The van der Waals surface area contributed by atoms with Crippen LogP contribution in [-0.4, -0.2) is 18.5 Å². The number of carbonyl (C=O) groups is 2. The molecule has 0 heterocycles. The maximum Gasteiger partial charge on any atom is 0.338 e. The number of anilines is 1. The highest BCUT2D eigenvalue weighted by Gasteiger charge is 2.17. The van der Waals surface area contributed by atoms with Gasteiger partial charge in [0.05, 0.1) is 12.2 Å². The Morgan fingerprint density at radius 2 is 1.61 bits per heavy atom. The molecule has 5 nitrogen and oxygen atoms in total. The van der Waals surface area contributed by atoms with Crippen molar-refractivity contribution < 1.29 is 19.1 Å². The molecule has 0 aliphatic rings. The third-order valence-corrected chi connectivity index (χ3v) is 4.87. The van der Waals surface area contributed by atoms with E-state index in [0.29, 0.717) is 24.5 Å². The van der Waals surface area contributed by atoms with E-state index in [-0.39, 0.29) is 5.91 Å². The quantitative estimate of drug-likeness (QED) is 0.502. The lowest BCUT2D eigenvalue weighted by atomic mass is 9.92. The summed E-state index contributed by atoms with van der Waals surface area (Å²) in [5, 5.41) is 2.86. The van der Waals surface area contributed by atoms with Gasteiger partial charge in [-0.3, -0.25) is 4.79 Å². The maximum absolute atomic E-state index is 12.3. The van der Waals surface area contributed by atoms with Gasteiger partial charge in [0.15, 0.2) is 0 Å². The molecule has 0 saturated heterocycles. The van der Waals surface area contributed by atoms with Gasteiger partial charge in [0.25, 0.3) is 0 Å². The Hall–Kier alpha value is -3.60. The fourth-order valence-electron chi connectivity index (χ4n) is 3.56. The van der Waals surface area contributed by atoms with Crippen LogP contribution in [-0.2, 0) is 16.1 Å². The van der Waals surface area contributed by atoms with E-state index in [0.717, 1.165) is 33.6 Å². The highest BCUT2D eigenvalue weighted by atomic mass is 16.5. The summed E-state index contributed by atoms with van der Waals surface area (Å²) < 4.78 is 11.1. The van der Waals surface area contributed by atoms with Crippen molar-refractivity contribution in [2.45, 2.75) is 34.3 Å². The van der Waals surface area contributed by atoms with Gasteiger partial charge >= 0.3 is 5.97 Å². The fourth-order valence-corrected chi connectivity index (χ4v) is 3.56. The molecule has 0 spiro atoms. The van der Waals surface area contributed by atoms with E-state index in [1.54, 1.807) is 25.1 Å². The smallest absolute Gasteiger partial charge is 0.338 e. The molecule has 0 aliphatic heterocycles. The van der Waals surface area contributed by atoms with Crippen molar-refractivity contribution in [3.8, 4) is 16.9 Å². The second-order valence-corrected chi connectivity index (χ2v) is 7.37. The standard InChI is InChI=1S/C26H27NO4/c1-5-30-26(29)21-11-12-24(27-19(4)28)23(15-21)25-17(2)13-22(14-18(25)3)31-16-20-9-7-6-8-10-20/h6-15H,5,16H2,1-4H3,(H,27,28). The molecule has 5 heteroatoms. The SMILES string of the molecule is CCOC(=O)c1ccc(NC(C)=O)c(-c2c(C)cc(OCc3ccccc3)cc2C)c1. The third kappa shape index (κ3) is 5.51. The monoisotopic (exact) mass is 417 g/mol. The number of carbonyl (C=O) groups excluding carboxylic acids is 2. The molecule has 3 aromatic carbocycles. The summed E-state index contributed by atoms with van der Waals surface area (Å²) in [6.07, 6.45) is 0. The molecular formula is C26H27NO4. The number of ether oxygens (including phenoxy) is 2. The Kier molecular flexibility index (Phi) is 7.08. The van der Waals surface area contributed by atoms with Crippen molar-refractivity contribution in [3.05, 3.63) is 82.9 Å². The van der Waals surface area contributed by atoms with E-state index in [1.165, 1.54) is 6.92 Å². The van der Waals surface area contributed by atoms with Crippen molar-refractivity contribution in [3.63, 3.8) is 0 Å². The summed E-state index contributed by atoms with van der Waals surface area (Å²) in [5.74, 6) is 0.199. The molecule has 0 saturated carbocycles. The Labute approximate surface area is 183 Å². The minimum Gasteiger partial charge on any atom is -0.489 e. The molecule has 0 atom stereocenters. The molecule has 0 radical (unpaired) electrons. The molecule has 0 fully saturated rings. The highest BCUT2D eigenvalue weighted by molar-refractivity contribution is 5.98. The van der Waals surface area contributed by atoms with Gasteiger partial charge in [0.2, 0.25) is 5.91 Å². The van der Waals surface area contributed by atoms with Crippen LogP contribution in [0, 0.1) is 13.8 Å². The summed E-state index contributed by atoms with van der Waals surface area (Å²) in [5.41, 5.74) is 5.86.